The van der Waals surface area contributed by atoms with Crippen LogP contribution in [0.15, 0.2) is 47.8 Å². The second-order valence-electron chi connectivity index (χ2n) is 3.93. The van der Waals surface area contributed by atoms with E-state index >= 15 is 0 Å². The Morgan fingerprint density at radius 3 is 2.85 bits per heavy atom. The predicted octanol–water partition coefficient (Wildman–Crippen LogP) is 1.59. The fourth-order valence-corrected chi connectivity index (χ4v) is 3.80. The highest BCUT2D eigenvalue weighted by atomic mass is 32.2. The maximum Gasteiger partial charge on any atom is 0.234 e. The molecule has 0 atom stereocenters. The van der Waals surface area contributed by atoms with Crippen molar-refractivity contribution in [2.24, 2.45) is 0 Å². The molecule has 0 saturated carbocycles. The topological polar surface area (TPSA) is 98.0 Å². The first-order valence-corrected chi connectivity index (χ1v) is 8.44. The molecular formula is C12H14N4O2S2. The van der Waals surface area contributed by atoms with Crippen LogP contribution in [0.25, 0.3) is 0 Å². The van der Waals surface area contributed by atoms with E-state index in [1.54, 1.807) is 6.07 Å². The van der Waals surface area contributed by atoms with Gasteiger partial charge in [0.25, 0.3) is 0 Å². The van der Waals surface area contributed by atoms with Gasteiger partial charge in [-0.15, -0.1) is 11.8 Å². The number of nitrogens with two attached hydrogens (primary N) is 1. The second-order valence-corrected chi connectivity index (χ2v) is 6.94. The van der Waals surface area contributed by atoms with Gasteiger partial charge in [0, 0.05) is 28.7 Å². The van der Waals surface area contributed by atoms with Crippen LogP contribution in [0.1, 0.15) is 0 Å². The van der Waals surface area contributed by atoms with Gasteiger partial charge in [-0.3, -0.25) is 9.71 Å². The summed E-state index contributed by atoms with van der Waals surface area (Å²) in [5, 5.41) is 0. The quantitative estimate of drug-likeness (QED) is 0.621. The number of nitrogen functional groups attached to an aromatic ring is 1. The lowest BCUT2D eigenvalue weighted by Crippen LogP contribution is -2.18. The van der Waals surface area contributed by atoms with Crippen LogP contribution in [0.4, 0.5) is 11.5 Å². The smallest absolute Gasteiger partial charge is 0.234 e. The predicted molar refractivity (Wildman–Crippen MR) is 81.0 cm³/mol. The summed E-state index contributed by atoms with van der Waals surface area (Å²) >= 11 is 1.44. The number of nitrogens with one attached hydrogen (secondary N) is 1. The Labute approximate surface area is 121 Å². The zero-order valence-corrected chi connectivity index (χ0v) is 12.2. The highest BCUT2D eigenvalue weighted by Crippen LogP contribution is 2.20. The Hall–Kier alpha value is -1.80. The molecule has 0 amide bonds. The fraction of sp³-hybridized carbons (Fsp3) is 0.167. The van der Waals surface area contributed by atoms with Crippen LogP contribution in [0, 0.1) is 0 Å². The van der Waals surface area contributed by atoms with E-state index in [2.05, 4.69) is 14.7 Å². The van der Waals surface area contributed by atoms with Crippen molar-refractivity contribution in [1.29, 1.82) is 0 Å². The van der Waals surface area contributed by atoms with Crippen LogP contribution in [0.3, 0.4) is 0 Å². The molecule has 0 aliphatic heterocycles. The first-order valence-electron chi connectivity index (χ1n) is 5.80. The summed E-state index contributed by atoms with van der Waals surface area (Å²) in [6.45, 7) is 0. The molecular weight excluding hydrogens is 296 g/mol. The van der Waals surface area contributed by atoms with Gasteiger partial charge in [-0.2, -0.15) is 0 Å². The fourth-order valence-electron chi connectivity index (χ4n) is 1.44. The summed E-state index contributed by atoms with van der Waals surface area (Å²) in [5.41, 5.74) is 6.32. The number of benzene rings is 1. The number of hydrogen-bond donors (Lipinski definition) is 2. The highest BCUT2D eigenvalue weighted by molar-refractivity contribution is 8.01. The van der Waals surface area contributed by atoms with E-state index in [1.807, 2.05) is 18.2 Å². The Bertz CT molecular complexity index is 662. The Morgan fingerprint density at radius 1 is 1.30 bits per heavy atom. The van der Waals surface area contributed by atoms with Crippen molar-refractivity contribution in [3.05, 3.63) is 42.9 Å². The van der Waals surface area contributed by atoms with Crippen LogP contribution in [0.5, 0.6) is 0 Å². The van der Waals surface area contributed by atoms with Crippen molar-refractivity contribution in [3.8, 4) is 0 Å². The Morgan fingerprint density at radius 2 is 2.15 bits per heavy atom. The second kappa shape index (κ2) is 6.58. The summed E-state index contributed by atoms with van der Waals surface area (Å²) in [6, 6.07) is 7.33. The van der Waals surface area contributed by atoms with Gasteiger partial charge in [-0.05, 0) is 18.2 Å². The number of rotatable bonds is 6. The number of sulfonamides is 1. The van der Waals surface area contributed by atoms with E-state index in [0.29, 0.717) is 11.4 Å². The maximum absolute atomic E-state index is 11.8. The van der Waals surface area contributed by atoms with E-state index in [4.69, 9.17) is 5.73 Å². The molecule has 1 aromatic heterocycles. The average molecular weight is 310 g/mol. The van der Waals surface area contributed by atoms with Crippen molar-refractivity contribution in [1.82, 2.24) is 9.97 Å². The molecule has 0 radical (unpaired) electrons. The molecule has 8 heteroatoms. The minimum Gasteiger partial charge on any atom is -0.399 e. The van der Waals surface area contributed by atoms with E-state index in [-0.39, 0.29) is 11.6 Å². The van der Waals surface area contributed by atoms with Crippen LogP contribution < -0.4 is 10.5 Å². The van der Waals surface area contributed by atoms with Gasteiger partial charge in [0.1, 0.15) is 0 Å². The van der Waals surface area contributed by atoms with Gasteiger partial charge in [0.05, 0.1) is 11.9 Å². The van der Waals surface area contributed by atoms with Gasteiger partial charge in [-0.1, -0.05) is 6.07 Å². The lowest BCUT2D eigenvalue weighted by molar-refractivity contribution is 0.602. The molecule has 1 heterocycles. The molecule has 0 unspecified atom stereocenters. The first-order chi connectivity index (χ1) is 9.55. The summed E-state index contributed by atoms with van der Waals surface area (Å²) in [5.74, 6) is 0.642. The Kier molecular flexibility index (Phi) is 4.80. The normalized spacial score (nSPS) is 11.2. The van der Waals surface area contributed by atoms with Crippen LogP contribution >= 0.6 is 11.8 Å². The lowest BCUT2D eigenvalue weighted by Gasteiger charge is -2.06. The van der Waals surface area contributed by atoms with Crippen molar-refractivity contribution in [2.75, 3.05) is 22.0 Å². The van der Waals surface area contributed by atoms with Crippen LogP contribution in [-0.4, -0.2) is 29.9 Å². The third-order valence-electron chi connectivity index (χ3n) is 2.30. The first kappa shape index (κ1) is 14.6. The number of hydrogen-bond acceptors (Lipinski definition) is 6. The molecule has 0 saturated heterocycles. The summed E-state index contributed by atoms with van der Waals surface area (Å²) in [4.78, 5) is 8.61. The van der Waals surface area contributed by atoms with E-state index in [0.717, 1.165) is 4.90 Å². The molecule has 106 valence electrons. The van der Waals surface area contributed by atoms with Crippen molar-refractivity contribution >= 4 is 33.3 Å². The maximum atomic E-state index is 11.8. The Balaban J connectivity index is 1.87. The SMILES string of the molecule is Nc1cccc(SCCS(=O)(=O)Nc2cnccn2)c1. The molecule has 0 bridgehead atoms. The molecule has 6 nitrogen and oxygen atoms in total. The van der Waals surface area contributed by atoms with Crippen LogP contribution in [-0.2, 0) is 10.0 Å². The van der Waals surface area contributed by atoms with E-state index < -0.39 is 10.0 Å². The molecule has 0 spiro atoms. The van der Waals surface area contributed by atoms with Gasteiger partial charge < -0.3 is 5.73 Å². The molecule has 0 aliphatic carbocycles. The number of thioether (sulfide) groups is 1. The average Bonchev–Trinajstić information content (AvgIpc) is 2.39. The molecule has 2 rings (SSSR count). The largest absolute Gasteiger partial charge is 0.399 e. The molecule has 3 N–H and O–H groups in total. The number of aromatic nitrogens is 2. The summed E-state index contributed by atoms with van der Waals surface area (Å²) in [7, 11) is -3.42. The summed E-state index contributed by atoms with van der Waals surface area (Å²) in [6.07, 6.45) is 4.27. The molecule has 1 aromatic carbocycles. The van der Waals surface area contributed by atoms with Gasteiger partial charge in [0.2, 0.25) is 10.0 Å². The van der Waals surface area contributed by atoms with Crippen molar-refractivity contribution in [3.63, 3.8) is 0 Å². The summed E-state index contributed by atoms with van der Waals surface area (Å²) < 4.78 is 26.1. The van der Waals surface area contributed by atoms with Gasteiger partial charge in [-0.25, -0.2) is 13.4 Å². The standard InChI is InChI=1S/C12H14N4O2S2/c13-10-2-1-3-11(8-10)19-6-7-20(17,18)16-12-9-14-4-5-15-12/h1-5,8-9H,6-7,13H2,(H,15,16). The van der Waals surface area contributed by atoms with Crippen molar-refractivity contribution in [2.45, 2.75) is 4.90 Å². The molecule has 0 aliphatic rings. The van der Waals surface area contributed by atoms with Crippen LogP contribution in [0.2, 0.25) is 0 Å². The van der Waals surface area contributed by atoms with E-state index in [1.165, 1.54) is 30.4 Å². The van der Waals surface area contributed by atoms with Crippen molar-refractivity contribution < 1.29 is 8.42 Å². The van der Waals surface area contributed by atoms with Gasteiger partial charge in [0.15, 0.2) is 5.82 Å². The monoisotopic (exact) mass is 310 g/mol. The number of anilines is 2. The zero-order valence-electron chi connectivity index (χ0n) is 10.6. The third-order valence-corrected chi connectivity index (χ3v) is 4.82. The molecule has 0 fully saturated rings. The zero-order chi connectivity index (χ0) is 14.4. The highest BCUT2D eigenvalue weighted by Gasteiger charge is 2.11. The van der Waals surface area contributed by atoms with E-state index in [9.17, 15) is 8.42 Å². The number of nitrogens with zero attached hydrogens (tertiary/aromatic N) is 2. The molecule has 2 aromatic rings. The van der Waals surface area contributed by atoms with Gasteiger partial charge >= 0.3 is 0 Å². The lowest BCUT2D eigenvalue weighted by atomic mass is 10.3. The minimum atomic E-state index is -3.42. The minimum absolute atomic E-state index is 0.0109. The third kappa shape index (κ3) is 4.71. The molecule has 20 heavy (non-hydrogen) atoms.